The Morgan fingerprint density at radius 2 is 1.85 bits per heavy atom. The summed E-state index contributed by atoms with van der Waals surface area (Å²) >= 11 is 0. The van der Waals surface area contributed by atoms with Crippen LogP contribution in [0.4, 0.5) is 0 Å². The molecule has 2 heterocycles. The topological polar surface area (TPSA) is 121 Å². The predicted octanol–water partition coefficient (Wildman–Crippen LogP) is 3.40. The number of benzene rings is 2. The number of likely N-dealkylation sites (N-methyl/N-ethyl adjacent to an activating group) is 1. The molecule has 0 saturated heterocycles. The van der Waals surface area contributed by atoms with Gasteiger partial charge in [-0.05, 0) is 48.1 Å². The number of hydrogen-bond donors (Lipinski definition) is 3. The predicted molar refractivity (Wildman–Crippen MR) is 151 cm³/mol. The summed E-state index contributed by atoms with van der Waals surface area (Å²) in [5.74, 6) is -0.574. The highest BCUT2D eigenvalue weighted by Gasteiger charge is 2.31. The van der Waals surface area contributed by atoms with E-state index in [1.165, 1.54) is 23.9 Å². The first-order valence-electron chi connectivity index (χ1n) is 13.3. The molecule has 10 heteroatoms. The Morgan fingerprint density at radius 3 is 2.56 bits per heavy atom. The van der Waals surface area contributed by atoms with E-state index in [0.29, 0.717) is 11.5 Å². The summed E-state index contributed by atoms with van der Waals surface area (Å²) in [4.78, 5) is 27.9. The molecule has 0 atom stereocenters. The lowest BCUT2D eigenvalue weighted by Crippen LogP contribution is -2.38. The van der Waals surface area contributed by atoms with Crippen LogP contribution in [0.15, 0.2) is 48.0 Å². The van der Waals surface area contributed by atoms with Gasteiger partial charge < -0.3 is 14.6 Å². The minimum absolute atomic E-state index is 0.135. The molecule has 2 aromatic carbocycles. The van der Waals surface area contributed by atoms with Gasteiger partial charge in [0.15, 0.2) is 0 Å². The fourth-order valence-corrected chi connectivity index (χ4v) is 6.34. The molecule has 1 saturated carbocycles. The van der Waals surface area contributed by atoms with Crippen LogP contribution in [0, 0.1) is 0 Å². The van der Waals surface area contributed by atoms with Gasteiger partial charge >= 0.3 is 10.2 Å². The Kier molecular flexibility index (Phi) is 7.61. The summed E-state index contributed by atoms with van der Waals surface area (Å²) in [6, 6.07) is 13.3. The molecule has 3 aromatic rings. The second-order valence-corrected chi connectivity index (χ2v) is 11.9. The van der Waals surface area contributed by atoms with Crippen LogP contribution >= 0.6 is 0 Å². The Morgan fingerprint density at radius 1 is 1.10 bits per heavy atom. The molecule has 0 spiro atoms. The van der Waals surface area contributed by atoms with Crippen molar-refractivity contribution in [1.82, 2.24) is 18.9 Å². The molecule has 0 unspecified atom stereocenters. The standard InChI is InChI=1S/C29H34N4O5S/c1-30-39(37,38)31-28(35)21-12-13-24-25(17-21)33-18-22(29(36)32(2)14-15-34)16-20-10-6-7-11-23(20)27(33)26(24)19-8-4-3-5-9-19/h6-7,10-13,16-17,19,30,34H,3-5,8-9,14-15,18H2,1-2H3,(H,31,35). The van der Waals surface area contributed by atoms with Crippen LogP contribution < -0.4 is 9.44 Å². The average molecular weight is 551 g/mol. The number of fused-ring (bicyclic) bond motifs is 5. The highest BCUT2D eigenvalue weighted by atomic mass is 32.2. The summed E-state index contributed by atoms with van der Waals surface area (Å²) in [5.41, 5.74) is 5.77. The number of carbonyl (C=O) groups is 2. The van der Waals surface area contributed by atoms with E-state index in [1.807, 2.05) is 35.1 Å². The molecule has 1 fully saturated rings. The number of nitrogens with one attached hydrogen (secondary N) is 2. The molecule has 0 radical (unpaired) electrons. The van der Waals surface area contributed by atoms with E-state index in [-0.39, 0.29) is 31.2 Å². The van der Waals surface area contributed by atoms with Crippen molar-refractivity contribution < 1.29 is 23.1 Å². The molecule has 1 aliphatic carbocycles. The SMILES string of the molecule is CNS(=O)(=O)NC(=O)c1ccc2c(C3CCCCC3)c3n(c2c1)CC(C(=O)N(C)CCO)=Cc1ccccc1-3. The summed E-state index contributed by atoms with van der Waals surface area (Å²) < 4.78 is 30.2. The third-order valence-corrected chi connectivity index (χ3v) is 8.80. The number of amides is 2. The van der Waals surface area contributed by atoms with Crippen molar-refractivity contribution in [2.24, 2.45) is 0 Å². The fraction of sp³-hybridized carbons (Fsp3) is 0.379. The second kappa shape index (κ2) is 11.0. The first-order chi connectivity index (χ1) is 18.7. The molecule has 3 N–H and O–H groups in total. The molecule has 1 aromatic heterocycles. The Bertz CT molecular complexity index is 1570. The van der Waals surface area contributed by atoms with Crippen LogP contribution in [0.5, 0.6) is 0 Å². The van der Waals surface area contributed by atoms with E-state index in [4.69, 9.17) is 0 Å². The van der Waals surface area contributed by atoms with Gasteiger partial charge in [-0.15, -0.1) is 0 Å². The van der Waals surface area contributed by atoms with E-state index < -0.39 is 16.1 Å². The molecule has 206 valence electrons. The Labute approximate surface area is 228 Å². The van der Waals surface area contributed by atoms with E-state index in [0.717, 1.165) is 53.4 Å². The van der Waals surface area contributed by atoms with Crippen molar-refractivity contribution in [3.8, 4) is 11.3 Å². The molecule has 5 rings (SSSR count). The van der Waals surface area contributed by atoms with Gasteiger partial charge in [-0.1, -0.05) is 49.6 Å². The van der Waals surface area contributed by atoms with E-state index in [9.17, 15) is 23.1 Å². The largest absolute Gasteiger partial charge is 0.395 e. The number of rotatable bonds is 7. The molecular weight excluding hydrogens is 516 g/mol. The third-order valence-electron chi connectivity index (χ3n) is 7.81. The maximum absolute atomic E-state index is 13.5. The first kappa shape index (κ1) is 27.1. The smallest absolute Gasteiger partial charge is 0.301 e. The van der Waals surface area contributed by atoms with Gasteiger partial charge in [0.2, 0.25) is 0 Å². The summed E-state index contributed by atoms with van der Waals surface area (Å²) in [6.45, 7) is 0.361. The number of carbonyl (C=O) groups excluding carboxylic acids is 2. The monoisotopic (exact) mass is 550 g/mol. The van der Waals surface area contributed by atoms with E-state index in [1.54, 1.807) is 19.2 Å². The second-order valence-electron chi connectivity index (χ2n) is 10.3. The van der Waals surface area contributed by atoms with Crippen molar-refractivity contribution in [3.63, 3.8) is 0 Å². The third kappa shape index (κ3) is 5.24. The minimum Gasteiger partial charge on any atom is -0.395 e. The van der Waals surface area contributed by atoms with Gasteiger partial charge in [0.05, 0.1) is 18.8 Å². The van der Waals surface area contributed by atoms with Gasteiger partial charge in [-0.25, -0.2) is 9.44 Å². The van der Waals surface area contributed by atoms with Crippen molar-refractivity contribution >= 4 is 39.0 Å². The van der Waals surface area contributed by atoms with Crippen LogP contribution in [0.1, 0.15) is 59.5 Å². The summed E-state index contributed by atoms with van der Waals surface area (Å²) in [5, 5.41) is 10.4. The zero-order chi connectivity index (χ0) is 27.7. The Balaban J connectivity index is 1.74. The van der Waals surface area contributed by atoms with Gasteiger partial charge in [0.25, 0.3) is 11.8 Å². The summed E-state index contributed by atoms with van der Waals surface area (Å²) in [6.07, 6.45) is 7.56. The minimum atomic E-state index is -3.97. The molecular formula is C29H34N4O5S. The number of nitrogens with zero attached hydrogens (tertiary/aromatic N) is 2. The number of aromatic nitrogens is 1. The van der Waals surface area contributed by atoms with Crippen molar-refractivity contribution in [1.29, 1.82) is 0 Å². The van der Waals surface area contributed by atoms with Gasteiger partial charge in [-0.3, -0.25) is 9.59 Å². The Hall–Kier alpha value is -3.47. The van der Waals surface area contributed by atoms with Crippen LogP contribution in [0.3, 0.4) is 0 Å². The first-order valence-corrected chi connectivity index (χ1v) is 14.8. The zero-order valence-corrected chi connectivity index (χ0v) is 23.1. The van der Waals surface area contributed by atoms with Crippen LogP contribution in [0.25, 0.3) is 28.2 Å². The van der Waals surface area contributed by atoms with Crippen molar-refractivity contribution in [3.05, 3.63) is 64.7 Å². The molecule has 2 aliphatic rings. The van der Waals surface area contributed by atoms with Gasteiger partial charge in [-0.2, -0.15) is 8.42 Å². The van der Waals surface area contributed by atoms with Crippen LogP contribution in [0.2, 0.25) is 0 Å². The van der Waals surface area contributed by atoms with Crippen molar-refractivity contribution in [2.45, 2.75) is 44.6 Å². The normalized spacial score (nSPS) is 15.7. The number of aliphatic hydroxyl groups is 1. The maximum Gasteiger partial charge on any atom is 0.301 e. The molecule has 1 aliphatic heterocycles. The van der Waals surface area contributed by atoms with Gasteiger partial charge in [0, 0.05) is 48.2 Å². The molecule has 0 bridgehead atoms. The lowest BCUT2D eigenvalue weighted by Gasteiger charge is -2.24. The average Bonchev–Trinajstić information content (AvgIpc) is 3.15. The highest BCUT2D eigenvalue weighted by Crippen LogP contribution is 2.46. The van der Waals surface area contributed by atoms with Crippen molar-refractivity contribution in [2.75, 3.05) is 27.2 Å². The molecule has 2 amide bonds. The molecule has 39 heavy (non-hydrogen) atoms. The van der Waals surface area contributed by atoms with Gasteiger partial charge in [0.1, 0.15) is 0 Å². The lowest BCUT2D eigenvalue weighted by atomic mass is 9.81. The van der Waals surface area contributed by atoms with E-state index in [2.05, 4.69) is 15.4 Å². The zero-order valence-electron chi connectivity index (χ0n) is 22.2. The van der Waals surface area contributed by atoms with Crippen LogP contribution in [-0.2, 0) is 21.5 Å². The highest BCUT2D eigenvalue weighted by molar-refractivity contribution is 7.88. The number of aliphatic hydroxyl groups excluding tert-OH is 1. The number of hydrogen-bond acceptors (Lipinski definition) is 5. The molecule has 9 nitrogen and oxygen atoms in total. The van der Waals surface area contributed by atoms with Crippen LogP contribution in [-0.4, -0.2) is 62.1 Å². The quantitative estimate of drug-likeness (QED) is 0.417. The fourth-order valence-electron chi connectivity index (χ4n) is 5.88. The maximum atomic E-state index is 13.5. The van der Waals surface area contributed by atoms with E-state index >= 15 is 0 Å². The summed E-state index contributed by atoms with van der Waals surface area (Å²) in [7, 11) is -1.06. The lowest BCUT2D eigenvalue weighted by molar-refractivity contribution is -0.126.